The molecule has 0 heterocycles. The fourth-order valence-electron chi connectivity index (χ4n) is 1.33. The number of hydrogen-bond acceptors (Lipinski definition) is 3. The van der Waals surface area contributed by atoms with Crippen molar-refractivity contribution >= 4 is 17.6 Å². The van der Waals surface area contributed by atoms with Crippen LogP contribution < -0.4 is 0 Å². The molecule has 0 saturated carbocycles. The van der Waals surface area contributed by atoms with Gasteiger partial charge >= 0.3 is 5.97 Å². The van der Waals surface area contributed by atoms with Gasteiger partial charge in [-0.15, -0.1) is 0 Å². The zero-order valence-corrected chi connectivity index (χ0v) is 11.7. The Morgan fingerprint density at radius 1 is 1.50 bits per heavy atom. The third kappa shape index (κ3) is 4.63. The molecule has 1 aromatic carbocycles. The Bertz CT molecular complexity index is 405. The summed E-state index contributed by atoms with van der Waals surface area (Å²) >= 11 is 5.58. The van der Waals surface area contributed by atoms with Crippen molar-refractivity contribution in [3.8, 4) is 0 Å². The van der Waals surface area contributed by atoms with Gasteiger partial charge < -0.3 is 9.84 Å². The number of methoxy groups -OCH3 is 1. The van der Waals surface area contributed by atoms with Gasteiger partial charge in [-0.25, -0.2) is 9.18 Å². The molecular weight excluding hydrogens is 259 g/mol. The summed E-state index contributed by atoms with van der Waals surface area (Å²) in [6, 6.07) is 4.05. The second kappa shape index (κ2) is 7.34. The van der Waals surface area contributed by atoms with Crippen molar-refractivity contribution in [1.82, 2.24) is 0 Å². The molecule has 5 heteroatoms. The Kier molecular flexibility index (Phi) is 6.88. The van der Waals surface area contributed by atoms with Gasteiger partial charge in [0.25, 0.3) is 0 Å². The lowest BCUT2D eigenvalue weighted by Crippen LogP contribution is -2.38. The first-order chi connectivity index (χ1) is 8.36. The zero-order valence-electron chi connectivity index (χ0n) is 11.0. The number of ether oxygens (including phenoxy) is 1. The van der Waals surface area contributed by atoms with Crippen LogP contribution in [0.25, 0.3) is 0 Å². The fourth-order valence-corrected chi connectivity index (χ4v) is 1.49. The highest BCUT2D eigenvalue weighted by Gasteiger charge is 2.32. The van der Waals surface area contributed by atoms with E-state index in [2.05, 4.69) is 4.74 Å². The Balaban J connectivity index is 0.00000137. The Labute approximate surface area is 112 Å². The van der Waals surface area contributed by atoms with E-state index in [-0.39, 0.29) is 17.0 Å². The van der Waals surface area contributed by atoms with Gasteiger partial charge in [-0.2, -0.15) is 0 Å². The Morgan fingerprint density at radius 2 is 2.06 bits per heavy atom. The molecule has 0 aromatic heterocycles. The molecule has 0 aliphatic rings. The van der Waals surface area contributed by atoms with Crippen LogP contribution >= 0.6 is 11.6 Å². The largest absolute Gasteiger partial charge is 0.467 e. The molecule has 0 fully saturated rings. The fraction of sp³-hybridized carbons (Fsp3) is 0.462. The lowest BCUT2D eigenvalue weighted by Gasteiger charge is -2.20. The summed E-state index contributed by atoms with van der Waals surface area (Å²) in [6.45, 7) is 5.27. The first-order valence-electron chi connectivity index (χ1n) is 5.61. The number of carbonyl (C=O) groups excluding carboxylic acids is 1. The SMILES string of the molecule is CC.COC(=O)C(C)(O)Cc1ccc(Cl)cc1F. The average molecular weight is 277 g/mol. The van der Waals surface area contributed by atoms with E-state index >= 15 is 0 Å². The number of aliphatic hydroxyl groups is 1. The normalized spacial score (nSPS) is 13.1. The summed E-state index contributed by atoms with van der Waals surface area (Å²) in [5.74, 6) is -1.36. The smallest absolute Gasteiger partial charge is 0.337 e. The van der Waals surface area contributed by atoms with E-state index in [1.54, 1.807) is 0 Å². The molecule has 1 rings (SSSR count). The second-order valence-electron chi connectivity index (χ2n) is 3.68. The zero-order chi connectivity index (χ0) is 14.3. The van der Waals surface area contributed by atoms with E-state index in [1.807, 2.05) is 13.8 Å². The summed E-state index contributed by atoms with van der Waals surface area (Å²) in [4.78, 5) is 11.2. The van der Waals surface area contributed by atoms with Gasteiger partial charge in [-0.05, 0) is 24.6 Å². The monoisotopic (exact) mass is 276 g/mol. The molecule has 3 nitrogen and oxygen atoms in total. The van der Waals surface area contributed by atoms with E-state index in [4.69, 9.17) is 11.6 Å². The van der Waals surface area contributed by atoms with Crippen molar-refractivity contribution in [1.29, 1.82) is 0 Å². The topological polar surface area (TPSA) is 46.5 Å². The van der Waals surface area contributed by atoms with Crippen molar-refractivity contribution in [3.63, 3.8) is 0 Å². The molecule has 18 heavy (non-hydrogen) atoms. The highest BCUT2D eigenvalue weighted by molar-refractivity contribution is 6.30. The van der Waals surface area contributed by atoms with Crippen molar-refractivity contribution in [2.24, 2.45) is 0 Å². The summed E-state index contributed by atoms with van der Waals surface area (Å²) in [5, 5.41) is 10.0. The highest BCUT2D eigenvalue weighted by atomic mass is 35.5. The Hall–Kier alpha value is -1.13. The van der Waals surface area contributed by atoms with Crippen LogP contribution in [-0.2, 0) is 16.0 Å². The minimum atomic E-state index is -1.75. The standard InChI is InChI=1S/C11H12ClFO3.C2H6/c1-11(15,10(14)16-2)6-7-3-4-8(12)5-9(7)13;1-2/h3-5,15H,6H2,1-2H3;1-2H3. The number of carbonyl (C=O) groups is 1. The average Bonchev–Trinajstić information content (AvgIpc) is 2.34. The molecule has 1 atom stereocenters. The first kappa shape index (κ1) is 16.9. The summed E-state index contributed by atoms with van der Waals surface area (Å²) in [6.07, 6.45) is -0.164. The van der Waals surface area contributed by atoms with Crippen LogP contribution in [0.3, 0.4) is 0 Å². The van der Waals surface area contributed by atoms with Gasteiger partial charge in [0.05, 0.1) is 7.11 Å². The van der Waals surface area contributed by atoms with Crippen LogP contribution in [0, 0.1) is 5.82 Å². The maximum absolute atomic E-state index is 13.4. The molecule has 0 bridgehead atoms. The van der Waals surface area contributed by atoms with Gasteiger partial charge in [0.15, 0.2) is 5.60 Å². The first-order valence-corrected chi connectivity index (χ1v) is 5.99. The maximum Gasteiger partial charge on any atom is 0.337 e. The van der Waals surface area contributed by atoms with Gasteiger partial charge in [0.2, 0.25) is 0 Å². The number of hydrogen-bond donors (Lipinski definition) is 1. The quantitative estimate of drug-likeness (QED) is 0.864. The van der Waals surface area contributed by atoms with E-state index in [0.29, 0.717) is 0 Å². The molecule has 0 aliphatic carbocycles. The number of rotatable bonds is 3. The molecular formula is C13H18ClFO3. The van der Waals surface area contributed by atoms with Crippen molar-refractivity contribution < 1.29 is 19.0 Å². The minimum absolute atomic E-state index is 0.164. The molecule has 0 saturated heterocycles. The lowest BCUT2D eigenvalue weighted by atomic mass is 9.96. The molecule has 0 aliphatic heterocycles. The second-order valence-corrected chi connectivity index (χ2v) is 4.11. The van der Waals surface area contributed by atoms with E-state index in [9.17, 15) is 14.3 Å². The summed E-state index contributed by atoms with van der Waals surface area (Å²) in [7, 11) is 1.16. The van der Waals surface area contributed by atoms with Gasteiger partial charge in [-0.3, -0.25) is 0 Å². The maximum atomic E-state index is 13.4. The van der Waals surface area contributed by atoms with Crippen LogP contribution in [0.1, 0.15) is 26.3 Å². The predicted molar refractivity (Wildman–Crippen MR) is 69.1 cm³/mol. The van der Waals surface area contributed by atoms with Crippen LogP contribution in [0.4, 0.5) is 4.39 Å². The lowest BCUT2D eigenvalue weighted by molar-refractivity contribution is -0.160. The number of benzene rings is 1. The van der Waals surface area contributed by atoms with Crippen LogP contribution in [0.2, 0.25) is 5.02 Å². The molecule has 1 N–H and O–H groups in total. The minimum Gasteiger partial charge on any atom is -0.467 e. The van der Waals surface area contributed by atoms with Crippen LogP contribution in [-0.4, -0.2) is 23.8 Å². The third-order valence-corrected chi connectivity index (χ3v) is 2.41. The molecule has 1 unspecified atom stereocenters. The van der Waals surface area contributed by atoms with Crippen LogP contribution in [0.15, 0.2) is 18.2 Å². The molecule has 1 aromatic rings. The van der Waals surface area contributed by atoms with Crippen molar-refractivity contribution in [2.75, 3.05) is 7.11 Å². The Morgan fingerprint density at radius 3 is 2.50 bits per heavy atom. The van der Waals surface area contributed by atoms with Crippen LogP contribution in [0.5, 0.6) is 0 Å². The van der Waals surface area contributed by atoms with Crippen molar-refractivity contribution in [3.05, 3.63) is 34.6 Å². The molecule has 0 amide bonds. The van der Waals surface area contributed by atoms with Gasteiger partial charge in [0.1, 0.15) is 5.82 Å². The van der Waals surface area contributed by atoms with E-state index in [0.717, 1.165) is 13.2 Å². The third-order valence-electron chi connectivity index (χ3n) is 2.17. The predicted octanol–water partition coefficient (Wildman–Crippen LogP) is 2.97. The van der Waals surface area contributed by atoms with E-state index < -0.39 is 17.4 Å². The van der Waals surface area contributed by atoms with Gasteiger partial charge in [0, 0.05) is 11.4 Å². The number of esters is 1. The molecule has 0 spiro atoms. The summed E-state index contributed by atoms with van der Waals surface area (Å²) < 4.78 is 17.8. The molecule has 0 radical (unpaired) electrons. The van der Waals surface area contributed by atoms with Crippen molar-refractivity contribution in [2.45, 2.75) is 32.8 Å². The highest BCUT2D eigenvalue weighted by Crippen LogP contribution is 2.20. The summed E-state index contributed by atoms with van der Waals surface area (Å²) in [5.41, 5.74) is -1.54. The van der Waals surface area contributed by atoms with E-state index in [1.165, 1.54) is 19.1 Å². The molecule has 102 valence electrons. The number of halogens is 2. The van der Waals surface area contributed by atoms with Gasteiger partial charge in [-0.1, -0.05) is 31.5 Å².